The Balaban J connectivity index is 2.65. The van der Waals surface area contributed by atoms with E-state index in [1.54, 1.807) is 0 Å². The largest absolute Gasteiger partial charge is 0.316 e. The Labute approximate surface area is 94.3 Å². The molecule has 0 radical (unpaired) electrons. The van der Waals surface area contributed by atoms with Gasteiger partial charge in [-0.1, -0.05) is 12.1 Å². The van der Waals surface area contributed by atoms with Crippen LogP contribution in [0.4, 0.5) is 5.69 Å². The lowest BCUT2D eigenvalue weighted by molar-refractivity contribution is -0.119. The van der Waals surface area contributed by atoms with E-state index < -0.39 is 6.04 Å². The Bertz CT molecular complexity index is 502. The maximum absolute atomic E-state index is 11.9. The van der Waals surface area contributed by atoms with Crippen molar-refractivity contribution in [1.82, 2.24) is 0 Å². The van der Waals surface area contributed by atoms with Crippen LogP contribution in [0.25, 0.3) is 0 Å². The molecule has 0 aromatic heterocycles. The molecule has 1 aromatic carbocycles. The maximum atomic E-state index is 11.9. The molecule has 82 valence electrons. The van der Waals surface area contributed by atoms with Crippen molar-refractivity contribution in [3.8, 4) is 6.07 Å². The van der Waals surface area contributed by atoms with Gasteiger partial charge in [0.15, 0.2) is 0 Å². The molecule has 16 heavy (non-hydrogen) atoms. The minimum Gasteiger partial charge on any atom is -0.316 e. The molecule has 0 spiro atoms. The predicted molar refractivity (Wildman–Crippen MR) is 60.8 cm³/mol. The van der Waals surface area contributed by atoms with Gasteiger partial charge in [-0.15, -0.1) is 0 Å². The van der Waals surface area contributed by atoms with Crippen LogP contribution < -0.4 is 10.6 Å². The topological polar surface area (TPSA) is 70.1 Å². The zero-order valence-corrected chi connectivity index (χ0v) is 9.32. The summed E-state index contributed by atoms with van der Waals surface area (Å²) in [5, 5.41) is 8.73. The first-order valence-electron chi connectivity index (χ1n) is 5.12. The number of carbonyl (C=O) groups excluding carboxylic acids is 1. The second-order valence-corrected chi connectivity index (χ2v) is 4.02. The number of benzene rings is 1. The number of carbonyl (C=O) groups is 1. The van der Waals surface area contributed by atoms with E-state index in [1.165, 1.54) is 4.90 Å². The second-order valence-electron chi connectivity index (χ2n) is 4.02. The van der Waals surface area contributed by atoms with Crippen molar-refractivity contribution in [3.63, 3.8) is 0 Å². The van der Waals surface area contributed by atoms with Crippen LogP contribution in [0.2, 0.25) is 0 Å². The van der Waals surface area contributed by atoms with E-state index in [4.69, 9.17) is 11.0 Å². The fourth-order valence-corrected chi connectivity index (χ4v) is 2.20. The van der Waals surface area contributed by atoms with Crippen LogP contribution in [-0.2, 0) is 4.79 Å². The number of nitrogens with zero attached hydrogens (tertiary/aromatic N) is 2. The molecule has 2 rings (SSSR count). The van der Waals surface area contributed by atoms with E-state index in [0.29, 0.717) is 0 Å². The molecule has 0 saturated heterocycles. The lowest BCUT2D eigenvalue weighted by atomic mass is 10.00. The molecule has 0 fully saturated rings. The number of anilines is 1. The highest BCUT2D eigenvalue weighted by molar-refractivity contribution is 6.06. The predicted octanol–water partition coefficient (Wildman–Crippen LogP) is 1.17. The minimum absolute atomic E-state index is 0.0594. The third kappa shape index (κ3) is 1.29. The van der Waals surface area contributed by atoms with Crippen LogP contribution in [0, 0.1) is 25.2 Å². The lowest BCUT2D eigenvalue weighted by Crippen LogP contribution is -2.32. The van der Waals surface area contributed by atoms with Crippen molar-refractivity contribution >= 4 is 11.6 Å². The Morgan fingerprint density at radius 2 is 2.06 bits per heavy atom. The van der Waals surface area contributed by atoms with E-state index in [1.807, 2.05) is 32.0 Å². The van der Waals surface area contributed by atoms with Gasteiger partial charge in [0, 0.05) is 5.56 Å². The van der Waals surface area contributed by atoms with Crippen LogP contribution in [0.3, 0.4) is 0 Å². The maximum Gasteiger partial charge on any atom is 0.249 e. The quantitative estimate of drug-likeness (QED) is 0.715. The molecule has 1 heterocycles. The summed E-state index contributed by atoms with van der Waals surface area (Å²) in [7, 11) is 0. The van der Waals surface area contributed by atoms with Crippen LogP contribution in [0.5, 0.6) is 0 Å². The zero-order valence-electron chi connectivity index (χ0n) is 9.32. The number of amides is 1. The van der Waals surface area contributed by atoms with E-state index >= 15 is 0 Å². The minimum atomic E-state index is -0.622. The van der Waals surface area contributed by atoms with Gasteiger partial charge < -0.3 is 5.73 Å². The molecule has 1 atom stereocenters. The molecule has 0 bridgehead atoms. The van der Waals surface area contributed by atoms with Gasteiger partial charge in [0.25, 0.3) is 0 Å². The Morgan fingerprint density at radius 1 is 1.44 bits per heavy atom. The van der Waals surface area contributed by atoms with Crippen LogP contribution in [-0.4, -0.2) is 12.5 Å². The Kier molecular flexibility index (Phi) is 2.41. The molecule has 1 aliphatic rings. The fraction of sp³-hybridized carbons (Fsp3) is 0.333. The molecule has 0 saturated carbocycles. The fourth-order valence-electron chi connectivity index (χ4n) is 2.20. The average molecular weight is 215 g/mol. The van der Waals surface area contributed by atoms with Gasteiger partial charge in [-0.3, -0.25) is 9.69 Å². The molecule has 2 N–H and O–H groups in total. The Morgan fingerprint density at radius 3 is 2.69 bits per heavy atom. The molecular formula is C12H13N3O. The first-order chi connectivity index (χ1) is 7.57. The monoisotopic (exact) mass is 215 g/mol. The van der Waals surface area contributed by atoms with Crippen molar-refractivity contribution in [1.29, 1.82) is 5.26 Å². The van der Waals surface area contributed by atoms with E-state index in [-0.39, 0.29) is 12.5 Å². The number of nitrogens with two attached hydrogens (primary N) is 1. The molecule has 4 heteroatoms. The number of fused-ring (bicyclic) bond motifs is 1. The smallest absolute Gasteiger partial charge is 0.249 e. The number of rotatable bonds is 1. The van der Waals surface area contributed by atoms with Gasteiger partial charge in [-0.05, 0) is 25.0 Å². The summed E-state index contributed by atoms with van der Waals surface area (Å²) in [6.07, 6.45) is 0. The summed E-state index contributed by atoms with van der Waals surface area (Å²) in [5.74, 6) is -0.186. The highest BCUT2D eigenvalue weighted by Crippen LogP contribution is 2.38. The third-order valence-electron chi connectivity index (χ3n) is 2.98. The highest BCUT2D eigenvalue weighted by atomic mass is 16.2. The molecular weight excluding hydrogens is 202 g/mol. The van der Waals surface area contributed by atoms with E-state index in [2.05, 4.69) is 0 Å². The standard InChI is InChI=1S/C12H13N3O/c1-7-3-4-8(2)11-9(7)10(14)12(16)15(11)6-5-13/h3-4,10H,6,14H2,1-2H3. The summed E-state index contributed by atoms with van der Waals surface area (Å²) < 4.78 is 0. The van der Waals surface area contributed by atoms with Gasteiger partial charge in [-0.25, -0.2) is 0 Å². The third-order valence-corrected chi connectivity index (χ3v) is 2.98. The van der Waals surface area contributed by atoms with E-state index in [0.717, 1.165) is 22.4 Å². The summed E-state index contributed by atoms with van der Waals surface area (Å²) in [5.41, 5.74) is 9.54. The van der Waals surface area contributed by atoms with Crippen molar-refractivity contribution < 1.29 is 4.79 Å². The Hall–Kier alpha value is -1.86. The first-order valence-corrected chi connectivity index (χ1v) is 5.12. The van der Waals surface area contributed by atoms with Gasteiger partial charge in [0.05, 0.1) is 11.8 Å². The zero-order chi connectivity index (χ0) is 11.9. The van der Waals surface area contributed by atoms with Gasteiger partial charge >= 0.3 is 0 Å². The summed E-state index contributed by atoms with van der Waals surface area (Å²) in [4.78, 5) is 13.4. The molecule has 0 aliphatic carbocycles. The number of hydrogen-bond donors (Lipinski definition) is 1. The normalized spacial score (nSPS) is 18.5. The van der Waals surface area contributed by atoms with Crippen molar-refractivity contribution in [2.75, 3.05) is 11.4 Å². The van der Waals surface area contributed by atoms with Crippen molar-refractivity contribution in [3.05, 3.63) is 28.8 Å². The molecule has 1 aromatic rings. The summed E-state index contributed by atoms with van der Waals surface area (Å²) in [6, 6.07) is 5.28. The molecule has 4 nitrogen and oxygen atoms in total. The van der Waals surface area contributed by atoms with Crippen molar-refractivity contribution in [2.45, 2.75) is 19.9 Å². The summed E-state index contributed by atoms with van der Waals surface area (Å²) >= 11 is 0. The van der Waals surface area contributed by atoms with Crippen molar-refractivity contribution in [2.24, 2.45) is 5.73 Å². The first kappa shape index (κ1) is 10.7. The molecule has 1 amide bonds. The SMILES string of the molecule is Cc1ccc(C)c2c1C(N)C(=O)N2CC#N. The summed E-state index contributed by atoms with van der Waals surface area (Å²) in [6.45, 7) is 3.92. The lowest BCUT2D eigenvalue weighted by Gasteiger charge is -2.15. The number of aryl methyl sites for hydroxylation is 2. The van der Waals surface area contributed by atoms with Crippen LogP contribution in [0.15, 0.2) is 12.1 Å². The van der Waals surface area contributed by atoms with Gasteiger partial charge in [0.1, 0.15) is 12.6 Å². The van der Waals surface area contributed by atoms with Gasteiger partial charge in [-0.2, -0.15) is 5.26 Å². The molecule has 1 unspecified atom stereocenters. The second kappa shape index (κ2) is 3.62. The number of nitriles is 1. The van der Waals surface area contributed by atoms with Crippen LogP contribution >= 0.6 is 0 Å². The molecule has 1 aliphatic heterocycles. The van der Waals surface area contributed by atoms with Crippen LogP contribution in [0.1, 0.15) is 22.7 Å². The number of hydrogen-bond acceptors (Lipinski definition) is 3. The van der Waals surface area contributed by atoms with E-state index in [9.17, 15) is 4.79 Å². The average Bonchev–Trinajstić information content (AvgIpc) is 2.50. The van der Waals surface area contributed by atoms with Gasteiger partial charge in [0.2, 0.25) is 5.91 Å². The highest BCUT2D eigenvalue weighted by Gasteiger charge is 2.36.